The second kappa shape index (κ2) is 5.30. The summed E-state index contributed by atoms with van der Waals surface area (Å²) >= 11 is 0. The molecule has 1 amide bonds. The van der Waals surface area contributed by atoms with E-state index in [1.54, 1.807) is 0 Å². The molecule has 0 aromatic carbocycles. The van der Waals surface area contributed by atoms with E-state index in [-0.39, 0.29) is 24.0 Å². The van der Waals surface area contributed by atoms with Gasteiger partial charge in [-0.1, -0.05) is 6.92 Å². The van der Waals surface area contributed by atoms with Crippen molar-refractivity contribution in [3.63, 3.8) is 0 Å². The zero-order valence-electron chi connectivity index (χ0n) is 8.43. The van der Waals surface area contributed by atoms with Gasteiger partial charge in [-0.25, -0.2) is 4.63 Å². The van der Waals surface area contributed by atoms with Crippen LogP contribution in [0.1, 0.15) is 23.8 Å². The number of carbonyl (C=O) groups is 1. The minimum Gasteiger partial charge on any atom is -0.396 e. The Labute approximate surface area is 86.6 Å². The highest BCUT2D eigenvalue weighted by Crippen LogP contribution is 2.04. The lowest BCUT2D eigenvalue weighted by Crippen LogP contribution is -2.29. The second-order valence-corrected chi connectivity index (χ2v) is 3.33. The van der Waals surface area contributed by atoms with Crippen LogP contribution in [-0.4, -0.2) is 34.5 Å². The maximum atomic E-state index is 11.4. The van der Waals surface area contributed by atoms with Crippen LogP contribution < -0.4 is 11.1 Å². The molecule has 0 saturated heterocycles. The molecule has 84 valence electrons. The van der Waals surface area contributed by atoms with Gasteiger partial charge in [0.2, 0.25) is 11.5 Å². The van der Waals surface area contributed by atoms with E-state index in [9.17, 15) is 4.79 Å². The molecule has 0 saturated carbocycles. The van der Waals surface area contributed by atoms with Crippen LogP contribution in [-0.2, 0) is 0 Å². The molecule has 0 aliphatic rings. The number of hydrogen-bond donors (Lipinski definition) is 3. The van der Waals surface area contributed by atoms with E-state index >= 15 is 0 Å². The molecule has 0 radical (unpaired) electrons. The van der Waals surface area contributed by atoms with Crippen molar-refractivity contribution in [3.05, 3.63) is 5.69 Å². The van der Waals surface area contributed by atoms with Crippen LogP contribution in [0.25, 0.3) is 0 Å². The second-order valence-electron chi connectivity index (χ2n) is 3.33. The van der Waals surface area contributed by atoms with Crippen LogP contribution in [0.4, 0.5) is 5.82 Å². The topological polar surface area (TPSA) is 114 Å². The maximum absolute atomic E-state index is 11.4. The van der Waals surface area contributed by atoms with Gasteiger partial charge in [0, 0.05) is 13.2 Å². The SMILES string of the molecule is CC(CCO)CNC(=O)c1nonc1N. The quantitative estimate of drug-likeness (QED) is 0.603. The van der Waals surface area contributed by atoms with Crippen molar-refractivity contribution in [1.82, 2.24) is 15.6 Å². The molecule has 1 rings (SSSR count). The molecule has 0 spiro atoms. The van der Waals surface area contributed by atoms with Gasteiger partial charge in [0.05, 0.1) is 0 Å². The number of rotatable bonds is 5. The van der Waals surface area contributed by atoms with Crippen molar-refractivity contribution in [2.75, 3.05) is 18.9 Å². The molecule has 0 fully saturated rings. The lowest BCUT2D eigenvalue weighted by molar-refractivity contribution is 0.0936. The van der Waals surface area contributed by atoms with Crippen LogP contribution >= 0.6 is 0 Å². The molecule has 1 aromatic heterocycles. The minimum atomic E-state index is -0.418. The van der Waals surface area contributed by atoms with E-state index in [0.29, 0.717) is 13.0 Å². The van der Waals surface area contributed by atoms with Gasteiger partial charge in [-0.05, 0) is 22.7 Å². The lowest BCUT2D eigenvalue weighted by Gasteiger charge is -2.09. The van der Waals surface area contributed by atoms with Gasteiger partial charge >= 0.3 is 0 Å². The summed E-state index contributed by atoms with van der Waals surface area (Å²) in [5, 5.41) is 17.9. The standard InChI is InChI=1S/C8H14N4O3/c1-5(2-3-13)4-10-8(14)6-7(9)12-15-11-6/h5,13H,2-4H2,1H3,(H2,9,12)(H,10,14). The number of aliphatic hydroxyl groups excluding tert-OH is 1. The molecule has 1 aromatic rings. The number of hydrogen-bond acceptors (Lipinski definition) is 6. The Morgan fingerprint density at radius 2 is 2.40 bits per heavy atom. The van der Waals surface area contributed by atoms with Gasteiger partial charge in [0.25, 0.3) is 5.91 Å². The molecule has 0 bridgehead atoms. The normalized spacial score (nSPS) is 12.4. The van der Waals surface area contributed by atoms with Crippen molar-refractivity contribution < 1.29 is 14.5 Å². The van der Waals surface area contributed by atoms with Crippen LogP contribution in [0.15, 0.2) is 4.63 Å². The summed E-state index contributed by atoms with van der Waals surface area (Å²) in [5.41, 5.74) is 5.33. The minimum absolute atomic E-state index is 0.00815. The molecule has 15 heavy (non-hydrogen) atoms. The van der Waals surface area contributed by atoms with E-state index in [1.807, 2.05) is 6.92 Å². The highest BCUT2D eigenvalue weighted by molar-refractivity contribution is 5.95. The number of aromatic nitrogens is 2. The number of anilines is 1. The summed E-state index contributed by atoms with van der Waals surface area (Å²) in [4.78, 5) is 11.4. The number of nitrogens with two attached hydrogens (primary N) is 1. The summed E-state index contributed by atoms with van der Waals surface area (Å²) in [6, 6.07) is 0. The lowest BCUT2D eigenvalue weighted by atomic mass is 10.1. The van der Waals surface area contributed by atoms with Crippen LogP contribution in [0.2, 0.25) is 0 Å². The highest BCUT2D eigenvalue weighted by atomic mass is 16.6. The number of aliphatic hydroxyl groups is 1. The number of nitrogens with zero attached hydrogens (tertiary/aromatic N) is 2. The Morgan fingerprint density at radius 3 is 2.93 bits per heavy atom. The van der Waals surface area contributed by atoms with Crippen LogP contribution in [0.3, 0.4) is 0 Å². The molecule has 4 N–H and O–H groups in total. The first-order valence-electron chi connectivity index (χ1n) is 4.62. The summed E-state index contributed by atoms with van der Waals surface area (Å²) in [7, 11) is 0. The van der Waals surface area contributed by atoms with Crippen LogP contribution in [0, 0.1) is 5.92 Å². The smallest absolute Gasteiger partial charge is 0.277 e. The average molecular weight is 214 g/mol. The number of amides is 1. The fourth-order valence-corrected chi connectivity index (χ4v) is 1.03. The molecule has 1 unspecified atom stereocenters. The first-order chi connectivity index (χ1) is 7.15. The largest absolute Gasteiger partial charge is 0.396 e. The first kappa shape index (κ1) is 11.4. The van der Waals surface area contributed by atoms with E-state index in [2.05, 4.69) is 20.3 Å². The third kappa shape index (κ3) is 3.21. The van der Waals surface area contributed by atoms with E-state index in [4.69, 9.17) is 10.8 Å². The molecular weight excluding hydrogens is 200 g/mol. The highest BCUT2D eigenvalue weighted by Gasteiger charge is 2.15. The van der Waals surface area contributed by atoms with E-state index in [0.717, 1.165) is 0 Å². The van der Waals surface area contributed by atoms with E-state index in [1.165, 1.54) is 0 Å². The zero-order chi connectivity index (χ0) is 11.3. The predicted octanol–water partition coefficient (Wildman–Crippen LogP) is -0.600. The summed E-state index contributed by atoms with van der Waals surface area (Å²) < 4.78 is 4.29. The van der Waals surface area contributed by atoms with Crippen molar-refractivity contribution >= 4 is 11.7 Å². The number of nitrogen functional groups attached to an aromatic ring is 1. The predicted molar refractivity (Wildman–Crippen MR) is 51.9 cm³/mol. The van der Waals surface area contributed by atoms with Crippen molar-refractivity contribution in [1.29, 1.82) is 0 Å². The van der Waals surface area contributed by atoms with Gasteiger partial charge in [-0.2, -0.15) is 0 Å². The fourth-order valence-electron chi connectivity index (χ4n) is 1.03. The Balaban J connectivity index is 2.40. The van der Waals surface area contributed by atoms with Crippen molar-refractivity contribution in [2.24, 2.45) is 5.92 Å². The molecule has 1 atom stereocenters. The van der Waals surface area contributed by atoms with Gasteiger partial charge in [0.1, 0.15) is 0 Å². The third-order valence-corrected chi connectivity index (χ3v) is 1.96. The fraction of sp³-hybridized carbons (Fsp3) is 0.625. The van der Waals surface area contributed by atoms with Crippen LogP contribution in [0.5, 0.6) is 0 Å². The Morgan fingerprint density at radius 1 is 1.67 bits per heavy atom. The molecule has 0 aliphatic carbocycles. The third-order valence-electron chi connectivity index (χ3n) is 1.96. The van der Waals surface area contributed by atoms with Crippen molar-refractivity contribution in [3.8, 4) is 0 Å². The Kier molecular flexibility index (Phi) is 4.04. The monoisotopic (exact) mass is 214 g/mol. The maximum Gasteiger partial charge on any atom is 0.277 e. The van der Waals surface area contributed by atoms with Gasteiger partial charge in [0.15, 0.2) is 0 Å². The molecular formula is C8H14N4O3. The summed E-state index contributed by atoms with van der Waals surface area (Å²) in [6.45, 7) is 2.47. The molecule has 7 heteroatoms. The first-order valence-corrected chi connectivity index (χ1v) is 4.62. The van der Waals surface area contributed by atoms with Gasteiger partial charge < -0.3 is 16.2 Å². The Hall–Kier alpha value is -1.63. The van der Waals surface area contributed by atoms with Gasteiger partial charge in [-0.3, -0.25) is 4.79 Å². The molecule has 0 aliphatic heterocycles. The average Bonchev–Trinajstić information content (AvgIpc) is 2.61. The number of nitrogens with one attached hydrogen (secondary N) is 1. The molecule has 7 nitrogen and oxygen atoms in total. The molecule has 1 heterocycles. The zero-order valence-corrected chi connectivity index (χ0v) is 8.43. The van der Waals surface area contributed by atoms with Gasteiger partial charge in [-0.15, -0.1) is 0 Å². The van der Waals surface area contributed by atoms with E-state index < -0.39 is 5.91 Å². The Bertz CT molecular complexity index is 325. The summed E-state index contributed by atoms with van der Waals surface area (Å²) in [6.07, 6.45) is 0.632. The summed E-state index contributed by atoms with van der Waals surface area (Å²) in [5.74, 6) is -0.249. The number of carbonyl (C=O) groups excluding carboxylic acids is 1. The van der Waals surface area contributed by atoms with Crippen molar-refractivity contribution in [2.45, 2.75) is 13.3 Å².